The van der Waals surface area contributed by atoms with Crippen LogP contribution in [0, 0.1) is 12.8 Å². The van der Waals surface area contributed by atoms with E-state index in [0.29, 0.717) is 28.2 Å². The number of aromatic amines is 1. The summed E-state index contributed by atoms with van der Waals surface area (Å²) in [5.41, 5.74) is 2.42. The van der Waals surface area contributed by atoms with Gasteiger partial charge in [-0.25, -0.2) is 14.4 Å². The predicted octanol–water partition coefficient (Wildman–Crippen LogP) is 3.44. The second-order valence-electron chi connectivity index (χ2n) is 5.94. The maximum absolute atomic E-state index is 12.8. The Morgan fingerprint density at radius 1 is 1.40 bits per heavy atom. The summed E-state index contributed by atoms with van der Waals surface area (Å²) >= 11 is 3.42. The molecule has 1 unspecified atom stereocenters. The minimum atomic E-state index is -0.228. The fraction of sp³-hybridized carbons (Fsp3) is 0.278. The zero-order valence-corrected chi connectivity index (χ0v) is 15.6. The van der Waals surface area contributed by atoms with E-state index in [4.69, 9.17) is 5.11 Å². The monoisotopic (exact) mass is 402 g/mol. The summed E-state index contributed by atoms with van der Waals surface area (Å²) in [6.07, 6.45) is 2.29. The number of aliphatic imine (C=N–C) groups is 1. The molecule has 6 nitrogen and oxygen atoms in total. The first-order chi connectivity index (χ1) is 12.0. The number of hydrogen-bond acceptors (Lipinski definition) is 4. The van der Waals surface area contributed by atoms with Gasteiger partial charge in [0.05, 0.1) is 10.3 Å². The van der Waals surface area contributed by atoms with Gasteiger partial charge in [-0.05, 0) is 29.3 Å². The van der Waals surface area contributed by atoms with Crippen molar-refractivity contribution in [3.8, 4) is 11.3 Å². The Bertz CT molecular complexity index is 976. The lowest BCUT2D eigenvalue weighted by Gasteiger charge is -2.08. The highest BCUT2D eigenvalue weighted by Gasteiger charge is 2.14. The van der Waals surface area contributed by atoms with Gasteiger partial charge in [0.15, 0.2) is 0 Å². The molecule has 0 spiro atoms. The topological polar surface area (TPSA) is 82.8 Å². The first-order valence-electron chi connectivity index (χ1n) is 8.03. The molecular formula is C18H19BrN4O2. The normalized spacial score (nSPS) is 13.4. The molecule has 0 amide bonds. The smallest absolute Gasteiger partial charge is 0.285 e. The van der Waals surface area contributed by atoms with Crippen molar-refractivity contribution in [2.24, 2.45) is 10.9 Å². The SMILES string of the molecule is Cc1[nH]c2nc(-c3ccccc3)cn2c(=O)c1N=C(Br)C(C)CCO. The molecular weight excluding hydrogens is 384 g/mol. The summed E-state index contributed by atoms with van der Waals surface area (Å²) in [7, 11) is 0. The number of aliphatic hydroxyl groups is 1. The highest BCUT2D eigenvalue weighted by molar-refractivity contribution is 9.18. The zero-order chi connectivity index (χ0) is 18.0. The summed E-state index contributed by atoms with van der Waals surface area (Å²) in [5.74, 6) is 0.516. The van der Waals surface area contributed by atoms with Crippen molar-refractivity contribution in [3.63, 3.8) is 0 Å². The third-order valence-electron chi connectivity index (χ3n) is 4.04. The Kier molecular flexibility index (Phi) is 5.15. The van der Waals surface area contributed by atoms with E-state index < -0.39 is 0 Å². The lowest BCUT2D eigenvalue weighted by atomic mass is 10.1. The van der Waals surface area contributed by atoms with E-state index in [1.807, 2.05) is 37.3 Å². The van der Waals surface area contributed by atoms with Crippen LogP contribution < -0.4 is 5.56 Å². The third kappa shape index (κ3) is 3.57. The van der Waals surface area contributed by atoms with Gasteiger partial charge in [-0.2, -0.15) is 0 Å². The molecule has 0 bridgehead atoms. The van der Waals surface area contributed by atoms with Crippen molar-refractivity contribution >= 4 is 32.0 Å². The average Bonchev–Trinajstić information content (AvgIpc) is 3.03. The molecule has 0 saturated heterocycles. The lowest BCUT2D eigenvalue weighted by Crippen LogP contribution is -2.15. The number of hydrogen-bond donors (Lipinski definition) is 2. The number of nitrogens with zero attached hydrogens (tertiary/aromatic N) is 3. The molecule has 3 rings (SSSR count). The molecule has 1 aromatic carbocycles. The Morgan fingerprint density at radius 3 is 2.80 bits per heavy atom. The van der Waals surface area contributed by atoms with Gasteiger partial charge in [0.2, 0.25) is 5.78 Å². The van der Waals surface area contributed by atoms with Crippen molar-refractivity contribution in [3.05, 3.63) is 52.6 Å². The van der Waals surface area contributed by atoms with Gasteiger partial charge in [-0.3, -0.25) is 4.79 Å². The second kappa shape index (κ2) is 7.33. The van der Waals surface area contributed by atoms with Crippen LogP contribution in [0.2, 0.25) is 0 Å². The Labute approximate surface area is 153 Å². The third-order valence-corrected chi connectivity index (χ3v) is 5.00. The molecule has 0 aliphatic carbocycles. The van der Waals surface area contributed by atoms with Crippen LogP contribution in [-0.4, -0.2) is 30.7 Å². The van der Waals surface area contributed by atoms with Crippen LogP contribution in [0.1, 0.15) is 19.0 Å². The molecule has 2 N–H and O–H groups in total. The van der Waals surface area contributed by atoms with Gasteiger partial charge in [0.25, 0.3) is 5.56 Å². The molecule has 1 atom stereocenters. The highest BCUT2D eigenvalue weighted by atomic mass is 79.9. The van der Waals surface area contributed by atoms with E-state index in [9.17, 15) is 4.79 Å². The Morgan fingerprint density at radius 2 is 2.12 bits per heavy atom. The molecule has 2 aromatic heterocycles. The molecule has 0 radical (unpaired) electrons. The van der Waals surface area contributed by atoms with Gasteiger partial charge in [0.1, 0.15) is 5.69 Å². The van der Waals surface area contributed by atoms with Crippen LogP contribution in [0.25, 0.3) is 17.0 Å². The first kappa shape index (κ1) is 17.6. The van der Waals surface area contributed by atoms with Gasteiger partial charge in [-0.15, -0.1) is 0 Å². The van der Waals surface area contributed by atoms with Crippen molar-refractivity contribution in [1.29, 1.82) is 0 Å². The number of aryl methyl sites for hydroxylation is 1. The number of aliphatic hydroxyl groups excluding tert-OH is 1. The fourth-order valence-corrected chi connectivity index (χ4v) is 2.94. The van der Waals surface area contributed by atoms with Gasteiger partial charge >= 0.3 is 0 Å². The summed E-state index contributed by atoms with van der Waals surface area (Å²) in [6.45, 7) is 3.81. The lowest BCUT2D eigenvalue weighted by molar-refractivity contribution is 0.278. The molecule has 0 aliphatic rings. The summed E-state index contributed by atoms with van der Waals surface area (Å²) in [4.78, 5) is 24.9. The average molecular weight is 403 g/mol. The molecule has 0 saturated carbocycles. The van der Waals surface area contributed by atoms with Crippen molar-refractivity contribution in [1.82, 2.24) is 14.4 Å². The molecule has 3 aromatic rings. The molecule has 130 valence electrons. The van der Waals surface area contributed by atoms with Crippen LogP contribution in [0.4, 0.5) is 5.69 Å². The number of H-pyrrole nitrogens is 1. The largest absolute Gasteiger partial charge is 0.396 e. The van der Waals surface area contributed by atoms with Gasteiger partial charge in [-0.1, -0.05) is 37.3 Å². The van der Waals surface area contributed by atoms with Crippen molar-refractivity contribution in [2.75, 3.05) is 6.61 Å². The number of benzene rings is 1. The standard InChI is InChI=1S/C18H19BrN4O2/c1-11(8-9-24)16(19)22-15-12(2)20-18-21-14(10-23(18)17(15)25)13-6-4-3-5-7-13/h3-7,10-11,24H,8-9H2,1-2H3,(H,20,21). The summed E-state index contributed by atoms with van der Waals surface area (Å²) < 4.78 is 2.11. The van der Waals surface area contributed by atoms with E-state index in [2.05, 4.69) is 30.9 Å². The molecule has 0 fully saturated rings. The maximum atomic E-state index is 12.8. The van der Waals surface area contributed by atoms with E-state index in [-0.39, 0.29) is 18.1 Å². The number of nitrogens with one attached hydrogen (secondary N) is 1. The number of fused-ring (bicyclic) bond motifs is 1. The van der Waals surface area contributed by atoms with E-state index in [1.54, 1.807) is 13.1 Å². The summed E-state index contributed by atoms with van der Waals surface area (Å²) in [6, 6.07) is 9.70. The van der Waals surface area contributed by atoms with Crippen LogP contribution in [0.5, 0.6) is 0 Å². The van der Waals surface area contributed by atoms with Gasteiger partial charge < -0.3 is 10.1 Å². The molecule has 7 heteroatoms. The molecule has 2 heterocycles. The summed E-state index contributed by atoms with van der Waals surface area (Å²) in [5, 5.41) is 9.06. The van der Waals surface area contributed by atoms with Crippen LogP contribution in [0.15, 0.2) is 46.3 Å². The number of rotatable bonds is 5. The van der Waals surface area contributed by atoms with E-state index in [1.165, 1.54) is 4.40 Å². The second-order valence-corrected chi connectivity index (χ2v) is 6.75. The Balaban J connectivity index is 2.10. The zero-order valence-electron chi connectivity index (χ0n) is 14.0. The quantitative estimate of drug-likeness (QED) is 0.641. The minimum Gasteiger partial charge on any atom is -0.396 e. The number of imidazole rings is 1. The van der Waals surface area contributed by atoms with Crippen LogP contribution in [0.3, 0.4) is 0 Å². The fourth-order valence-electron chi connectivity index (χ4n) is 2.53. The van der Waals surface area contributed by atoms with Crippen molar-refractivity contribution in [2.45, 2.75) is 20.3 Å². The molecule has 25 heavy (non-hydrogen) atoms. The van der Waals surface area contributed by atoms with E-state index in [0.717, 1.165) is 11.3 Å². The number of halogens is 1. The number of aromatic nitrogens is 3. The van der Waals surface area contributed by atoms with Crippen LogP contribution >= 0.6 is 15.9 Å². The highest BCUT2D eigenvalue weighted by Crippen LogP contribution is 2.21. The predicted molar refractivity (Wildman–Crippen MR) is 103 cm³/mol. The molecule has 0 aliphatic heterocycles. The first-order valence-corrected chi connectivity index (χ1v) is 8.83. The van der Waals surface area contributed by atoms with Crippen LogP contribution in [-0.2, 0) is 0 Å². The van der Waals surface area contributed by atoms with E-state index >= 15 is 0 Å². The Hall–Kier alpha value is -2.25. The van der Waals surface area contributed by atoms with Gasteiger partial charge in [0, 0.05) is 30.0 Å². The maximum Gasteiger partial charge on any atom is 0.285 e. The minimum absolute atomic E-state index is 0.0298. The van der Waals surface area contributed by atoms with Crippen molar-refractivity contribution < 1.29 is 5.11 Å².